The molecule has 0 saturated carbocycles. The summed E-state index contributed by atoms with van der Waals surface area (Å²) in [4.78, 5) is 7.11. The molecule has 2 rings (SSSR count). The second-order valence-electron chi connectivity index (χ2n) is 4.94. The number of hydrogen-bond acceptors (Lipinski definition) is 3. The number of aromatic amines is 1. The average molecular weight is 285 g/mol. The van der Waals surface area contributed by atoms with Crippen LogP contribution in [0.25, 0.3) is 11.3 Å². The van der Waals surface area contributed by atoms with Crippen LogP contribution in [0.15, 0.2) is 30.5 Å². The quantitative estimate of drug-likeness (QED) is 0.910. The summed E-state index contributed by atoms with van der Waals surface area (Å²) in [5, 5.41) is 0. The summed E-state index contributed by atoms with van der Waals surface area (Å²) in [5.41, 5.74) is 6.35. The molecule has 2 aromatic rings. The molecule has 0 unspecified atom stereocenters. The molecule has 0 saturated heterocycles. The van der Waals surface area contributed by atoms with Crippen molar-refractivity contribution in [2.75, 3.05) is 0 Å². The maximum absolute atomic E-state index is 12.2. The zero-order valence-corrected chi connectivity index (χ0v) is 11.0. The molecule has 20 heavy (non-hydrogen) atoms. The highest BCUT2D eigenvalue weighted by Crippen LogP contribution is 2.28. The van der Waals surface area contributed by atoms with Gasteiger partial charge in [0.15, 0.2) is 0 Å². The lowest BCUT2D eigenvalue weighted by Gasteiger charge is -2.14. The molecule has 0 aliphatic rings. The van der Waals surface area contributed by atoms with Crippen molar-refractivity contribution in [3.05, 3.63) is 36.3 Å². The van der Waals surface area contributed by atoms with E-state index in [1.165, 1.54) is 24.4 Å². The van der Waals surface area contributed by atoms with Gasteiger partial charge in [0.25, 0.3) is 0 Å². The van der Waals surface area contributed by atoms with Gasteiger partial charge in [0.2, 0.25) is 0 Å². The maximum atomic E-state index is 12.2. The molecule has 4 nitrogen and oxygen atoms in total. The maximum Gasteiger partial charge on any atom is 0.573 e. The van der Waals surface area contributed by atoms with Crippen molar-refractivity contribution in [1.29, 1.82) is 0 Å². The molecule has 7 heteroatoms. The summed E-state index contributed by atoms with van der Waals surface area (Å²) in [5.74, 6) is 0.271. The molecule has 0 atom stereocenters. The minimum absolute atomic E-state index is 0.279. The molecule has 0 aliphatic heterocycles. The molecule has 1 heterocycles. The van der Waals surface area contributed by atoms with E-state index >= 15 is 0 Å². The highest BCUT2D eigenvalue weighted by molar-refractivity contribution is 5.60. The Kier molecular flexibility index (Phi) is 3.47. The molecular formula is C13H14F3N3O. The molecule has 0 fully saturated rings. The number of alkyl halides is 3. The van der Waals surface area contributed by atoms with Gasteiger partial charge in [-0.15, -0.1) is 13.2 Å². The second-order valence-corrected chi connectivity index (χ2v) is 4.94. The van der Waals surface area contributed by atoms with Crippen LogP contribution >= 0.6 is 0 Å². The van der Waals surface area contributed by atoms with Gasteiger partial charge in [0.1, 0.15) is 11.6 Å². The Balaban J connectivity index is 2.29. The summed E-state index contributed by atoms with van der Waals surface area (Å²) < 4.78 is 40.4. The Labute approximate surface area is 113 Å². The summed E-state index contributed by atoms with van der Waals surface area (Å²) >= 11 is 0. The minimum Gasteiger partial charge on any atom is -0.406 e. The van der Waals surface area contributed by atoms with Crippen molar-refractivity contribution in [1.82, 2.24) is 9.97 Å². The lowest BCUT2D eigenvalue weighted by molar-refractivity contribution is -0.274. The molecule has 1 aromatic carbocycles. The van der Waals surface area contributed by atoms with Gasteiger partial charge < -0.3 is 15.5 Å². The fourth-order valence-electron chi connectivity index (χ4n) is 1.66. The monoisotopic (exact) mass is 285 g/mol. The number of ether oxygens (including phenoxy) is 1. The van der Waals surface area contributed by atoms with Crippen molar-refractivity contribution in [3.8, 4) is 17.0 Å². The number of halogens is 3. The van der Waals surface area contributed by atoms with Crippen LogP contribution in [0.5, 0.6) is 5.75 Å². The van der Waals surface area contributed by atoms with E-state index < -0.39 is 11.9 Å². The zero-order chi connectivity index (χ0) is 15.0. The molecule has 1 aromatic heterocycles. The first-order chi connectivity index (χ1) is 9.15. The Bertz CT molecular complexity index is 599. The lowest BCUT2D eigenvalue weighted by atomic mass is 10.1. The van der Waals surface area contributed by atoms with E-state index in [0.717, 1.165) is 0 Å². The molecule has 0 aliphatic carbocycles. The highest BCUT2D eigenvalue weighted by Gasteiger charge is 2.31. The van der Waals surface area contributed by atoms with Crippen LogP contribution in [0.4, 0.5) is 13.2 Å². The minimum atomic E-state index is -4.71. The van der Waals surface area contributed by atoms with Crippen LogP contribution in [0.2, 0.25) is 0 Å². The zero-order valence-electron chi connectivity index (χ0n) is 11.0. The molecule has 108 valence electrons. The summed E-state index contributed by atoms with van der Waals surface area (Å²) in [6, 6.07) is 5.66. The molecular weight excluding hydrogens is 271 g/mol. The van der Waals surface area contributed by atoms with E-state index in [4.69, 9.17) is 5.73 Å². The fourth-order valence-corrected chi connectivity index (χ4v) is 1.66. The SMILES string of the molecule is CC(C)(N)c1ncc(-c2cccc(OC(F)(F)F)c2)[nH]1. The molecule has 0 amide bonds. The molecule has 0 radical (unpaired) electrons. The lowest BCUT2D eigenvalue weighted by Crippen LogP contribution is -2.30. The third kappa shape index (κ3) is 3.51. The first-order valence-corrected chi connectivity index (χ1v) is 5.86. The summed E-state index contributed by atoms with van der Waals surface area (Å²) in [6.07, 6.45) is -3.19. The molecule has 0 spiro atoms. The normalized spacial score (nSPS) is 12.5. The first-order valence-electron chi connectivity index (χ1n) is 5.86. The van der Waals surface area contributed by atoms with Crippen LogP contribution in [0, 0.1) is 0 Å². The van der Waals surface area contributed by atoms with E-state index in [9.17, 15) is 13.2 Å². The van der Waals surface area contributed by atoms with Crippen LogP contribution in [0.3, 0.4) is 0 Å². The number of aromatic nitrogens is 2. The number of benzene rings is 1. The molecule has 0 bridgehead atoms. The standard InChI is InChI=1S/C13H14F3N3O/c1-12(2,17)11-18-7-10(19-11)8-4-3-5-9(6-8)20-13(14,15)16/h3-7H,17H2,1-2H3,(H,18,19). The Morgan fingerprint density at radius 3 is 2.50 bits per heavy atom. The van der Waals surface area contributed by atoms with Crippen molar-refractivity contribution in [2.24, 2.45) is 5.73 Å². The van der Waals surface area contributed by atoms with Gasteiger partial charge in [-0.1, -0.05) is 12.1 Å². The number of nitrogens with zero attached hydrogens (tertiary/aromatic N) is 1. The van der Waals surface area contributed by atoms with E-state index in [1.54, 1.807) is 19.9 Å². The van der Waals surface area contributed by atoms with Gasteiger partial charge in [-0.2, -0.15) is 0 Å². The number of H-pyrrole nitrogens is 1. The summed E-state index contributed by atoms with van der Waals surface area (Å²) in [6.45, 7) is 3.55. The van der Waals surface area contributed by atoms with Crippen LogP contribution in [-0.2, 0) is 5.54 Å². The van der Waals surface area contributed by atoms with Crippen LogP contribution < -0.4 is 10.5 Å². The Hall–Kier alpha value is -2.02. The topological polar surface area (TPSA) is 63.9 Å². The third-order valence-corrected chi connectivity index (χ3v) is 2.56. The van der Waals surface area contributed by atoms with Crippen LogP contribution in [-0.4, -0.2) is 16.3 Å². The van der Waals surface area contributed by atoms with Gasteiger partial charge in [0.05, 0.1) is 17.4 Å². The van der Waals surface area contributed by atoms with E-state index in [2.05, 4.69) is 14.7 Å². The number of rotatable bonds is 3. The van der Waals surface area contributed by atoms with Crippen molar-refractivity contribution in [2.45, 2.75) is 25.7 Å². The number of nitrogens with one attached hydrogen (secondary N) is 1. The largest absolute Gasteiger partial charge is 0.573 e. The highest BCUT2D eigenvalue weighted by atomic mass is 19.4. The van der Waals surface area contributed by atoms with Gasteiger partial charge in [0, 0.05) is 5.56 Å². The van der Waals surface area contributed by atoms with Gasteiger partial charge in [-0.05, 0) is 26.0 Å². The van der Waals surface area contributed by atoms with Gasteiger partial charge >= 0.3 is 6.36 Å². The third-order valence-electron chi connectivity index (χ3n) is 2.56. The van der Waals surface area contributed by atoms with Crippen molar-refractivity contribution < 1.29 is 17.9 Å². The van der Waals surface area contributed by atoms with E-state index in [-0.39, 0.29) is 5.75 Å². The number of nitrogens with two attached hydrogens (primary N) is 1. The Morgan fingerprint density at radius 1 is 1.25 bits per heavy atom. The Morgan fingerprint density at radius 2 is 1.95 bits per heavy atom. The summed E-state index contributed by atoms with van der Waals surface area (Å²) in [7, 11) is 0. The smallest absolute Gasteiger partial charge is 0.406 e. The van der Waals surface area contributed by atoms with Gasteiger partial charge in [-0.25, -0.2) is 4.98 Å². The van der Waals surface area contributed by atoms with Gasteiger partial charge in [-0.3, -0.25) is 0 Å². The predicted molar refractivity (Wildman–Crippen MR) is 67.9 cm³/mol. The van der Waals surface area contributed by atoms with Crippen molar-refractivity contribution >= 4 is 0 Å². The molecule has 3 N–H and O–H groups in total. The fraction of sp³-hybridized carbons (Fsp3) is 0.308. The predicted octanol–water partition coefficient (Wildman–Crippen LogP) is 3.17. The van der Waals surface area contributed by atoms with Crippen LogP contribution in [0.1, 0.15) is 19.7 Å². The van der Waals surface area contributed by atoms with E-state index in [0.29, 0.717) is 17.1 Å². The second kappa shape index (κ2) is 4.82. The van der Waals surface area contributed by atoms with Crippen molar-refractivity contribution in [3.63, 3.8) is 0 Å². The number of imidazole rings is 1. The first kappa shape index (κ1) is 14.4. The van der Waals surface area contributed by atoms with E-state index in [1.807, 2.05) is 0 Å². The average Bonchev–Trinajstić information content (AvgIpc) is 2.75. The number of hydrogen-bond donors (Lipinski definition) is 2.